The number of aromatic nitrogens is 6. The van der Waals surface area contributed by atoms with E-state index in [0.29, 0.717) is 49.5 Å². The molecule has 0 unspecified atom stereocenters. The quantitative estimate of drug-likeness (QED) is 0.385. The predicted octanol–water partition coefficient (Wildman–Crippen LogP) is 2.93. The van der Waals surface area contributed by atoms with Crippen LogP contribution in [0.2, 0.25) is 0 Å². The molecule has 5 heterocycles. The van der Waals surface area contributed by atoms with E-state index in [4.69, 9.17) is 4.98 Å². The van der Waals surface area contributed by atoms with Gasteiger partial charge in [0.2, 0.25) is 18.0 Å². The molecule has 1 N–H and O–H groups in total. The molecule has 0 bridgehead atoms. The number of piperidine rings is 1. The van der Waals surface area contributed by atoms with Gasteiger partial charge < -0.3 is 10.2 Å². The Kier molecular flexibility index (Phi) is 4.75. The van der Waals surface area contributed by atoms with Crippen LogP contribution in [0, 0.1) is 0 Å². The molecule has 7 rings (SSSR count). The number of likely N-dealkylation sites (tertiary alicyclic amines) is 1. The van der Waals surface area contributed by atoms with Crippen molar-refractivity contribution < 1.29 is 9.59 Å². The van der Waals surface area contributed by atoms with E-state index in [0.717, 1.165) is 39.7 Å². The number of carbonyl (C=O) groups excluding carboxylic acids is 2. The van der Waals surface area contributed by atoms with Crippen LogP contribution in [0.5, 0.6) is 0 Å². The third-order valence-electron chi connectivity index (χ3n) is 7.54. The van der Waals surface area contributed by atoms with Crippen molar-refractivity contribution in [3.05, 3.63) is 72.1 Å². The summed E-state index contributed by atoms with van der Waals surface area (Å²) in [5, 5.41) is 12.6. The van der Waals surface area contributed by atoms with Crippen molar-refractivity contribution in [3.63, 3.8) is 0 Å². The van der Waals surface area contributed by atoms with Crippen molar-refractivity contribution in [2.45, 2.75) is 24.8 Å². The molecule has 0 atom stereocenters. The van der Waals surface area contributed by atoms with Crippen molar-refractivity contribution in [1.82, 2.24) is 34.8 Å². The first-order valence-corrected chi connectivity index (χ1v) is 12.2. The van der Waals surface area contributed by atoms with Crippen molar-refractivity contribution >= 4 is 40.2 Å². The first-order valence-electron chi connectivity index (χ1n) is 12.2. The Labute approximate surface area is 211 Å². The van der Waals surface area contributed by atoms with E-state index < -0.39 is 5.41 Å². The van der Waals surface area contributed by atoms with Crippen molar-refractivity contribution in [3.8, 4) is 11.3 Å². The molecule has 1 saturated heterocycles. The summed E-state index contributed by atoms with van der Waals surface area (Å²) < 4.78 is 1.74. The number of rotatable bonds is 4. The second-order valence-electron chi connectivity index (χ2n) is 9.62. The number of amides is 2. The van der Waals surface area contributed by atoms with Crippen LogP contribution in [0.4, 0.5) is 5.69 Å². The number of anilines is 1. The van der Waals surface area contributed by atoms with Gasteiger partial charge >= 0.3 is 0 Å². The highest BCUT2D eigenvalue weighted by Crippen LogP contribution is 2.45. The predicted molar refractivity (Wildman–Crippen MR) is 137 cm³/mol. The number of hydrogen-bond acceptors (Lipinski definition) is 7. The molecule has 2 amide bonds. The van der Waals surface area contributed by atoms with E-state index in [9.17, 15) is 9.59 Å². The fraction of sp³-hybridized carbons (Fsp3) is 0.222. The number of carbonyl (C=O) groups is 2. The molecule has 3 aromatic heterocycles. The summed E-state index contributed by atoms with van der Waals surface area (Å²) in [6.45, 7) is 1.65. The second kappa shape index (κ2) is 8.16. The molecule has 2 aromatic carbocycles. The average molecular weight is 491 g/mol. The van der Waals surface area contributed by atoms with Gasteiger partial charge in [-0.3, -0.25) is 14.6 Å². The number of fused-ring (bicyclic) bond motifs is 4. The van der Waals surface area contributed by atoms with E-state index in [1.54, 1.807) is 22.0 Å². The SMILES string of the molecule is O=CN1CCC2(CC1)C(=O)Nc1cc(-c3cnc4nnn(Cc5ccc6ncccc6c5)c4n3)ccc12. The first kappa shape index (κ1) is 21.5. The highest BCUT2D eigenvalue weighted by molar-refractivity contribution is 6.07. The average Bonchev–Trinajstić information content (AvgIpc) is 3.46. The van der Waals surface area contributed by atoms with Gasteiger partial charge in [-0.05, 0) is 48.2 Å². The monoisotopic (exact) mass is 490 g/mol. The van der Waals surface area contributed by atoms with Crippen molar-refractivity contribution in [2.24, 2.45) is 0 Å². The minimum absolute atomic E-state index is 0.000373. The highest BCUT2D eigenvalue weighted by atomic mass is 16.2. The number of pyridine rings is 1. The van der Waals surface area contributed by atoms with Crippen LogP contribution in [-0.2, 0) is 21.5 Å². The molecule has 182 valence electrons. The number of hydrogen-bond donors (Lipinski definition) is 1. The largest absolute Gasteiger partial charge is 0.345 e. The Hall–Kier alpha value is -4.73. The van der Waals surface area contributed by atoms with E-state index >= 15 is 0 Å². The maximum atomic E-state index is 13.0. The molecule has 10 heteroatoms. The van der Waals surface area contributed by atoms with E-state index in [1.165, 1.54) is 0 Å². The molecule has 0 saturated carbocycles. The van der Waals surface area contributed by atoms with E-state index in [-0.39, 0.29) is 5.91 Å². The lowest BCUT2D eigenvalue weighted by Gasteiger charge is -2.36. The second-order valence-corrected chi connectivity index (χ2v) is 9.62. The highest BCUT2D eigenvalue weighted by Gasteiger charge is 2.48. The number of nitrogens with one attached hydrogen (secondary N) is 1. The van der Waals surface area contributed by atoms with E-state index in [2.05, 4.69) is 31.7 Å². The van der Waals surface area contributed by atoms with Crippen LogP contribution >= 0.6 is 0 Å². The van der Waals surface area contributed by atoms with Gasteiger partial charge in [-0.2, -0.15) is 0 Å². The standard InChI is InChI=1S/C27H22N8O2/c36-16-34-10-7-27(8-11-34)20-5-4-19(13-22(20)31-26(27)37)23-14-29-24-25(30-23)35(33-32-24)15-17-3-6-21-18(12-17)2-1-9-28-21/h1-6,9,12-14,16H,7-8,10-11,15H2,(H,31,37). The molecule has 10 nitrogen and oxygen atoms in total. The van der Waals surface area contributed by atoms with Crippen molar-refractivity contribution in [2.75, 3.05) is 18.4 Å². The number of benzene rings is 2. The molecule has 37 heavy (non-hydrogen) atoms. The molecule has 1 spiro atoms. The molecular formula is C27H22N8O2. The Morgan fingerprint density at radius 3 is 2.81 bits per heavy atom. The Balaban J connectivity index is 1.21. The summed E-state index contributed by atoms with van der Waals surface area (Å²) in [7, 11) is 0. The maximum absolute atomic E-state index is 13.0. The van der Waals surface area contributed by atoms with Gasteiger partial charge in [0.15, 0.2) is 5.65 Å². The smallest absolute Gasteiger partial charge is 0.235 e. The third-order valence-corrected chi connectivity index (χ3v) is 7.54. The first-order chi connectivity index (χ1) is 18.1. The maximum Gasteiger partial charge on any atom is 0.235 e. The molecule has 0 aliphatic carbocycles. The van der Waals surface area contributed by atoms with Gasteiger partial charge in [0.1, 0.15) is 0 Å². The summed E-state index contributed by atoms with van der Waals surface area (Å²) in [4.78, 5) is 39.6. The van der Waals surface area contributed by atoms with Gasteiger partial charge in [-0.25, -0.2) is 14.6 Å². The summed E-state index contributed by atoms with van der Waals surface area (Å²) in [6, 6.07) is 16.0. The lowest BCUT2D eigenvalue weighted by Crippen LogP contribution is -2.45. The van der Waals surface area contributed by atoms with Crippen LogP contribution < -0.4 is 5.32 Å². The molecule has 5 aromatic rings. The zero-order valence-corrected chi connectivity index (χ0v) is 19.8. The molecule has 1 fully saturated rings. The lowest BCUT2D eigenvalue weighted by atomic mass is 9.73. The van der Waals surface area contributed by atoms with Gasteiger partial charge in [0.05, 0.1) is 29.4 Å². The minimum Gasteiger partial charge on any atom is -0.345 e. The van der Waals surface area contributed by atoms with Crippen LogP contribution in [0.15, 0.2) is 60.9 Å². The Morgan fingerprint density at radius 2 is 1.95 bits per heavy atom. The van der Waals surface area contributed by atoms with E-state index in [1.807, 2.05) is 42.5 Å². The minimum atomic E-state index is -0.582. The van der Waals surface area contributed by atoms with Gasteiger partial charge in [0, 0.05) is 35.9 Å². The zero-order chi connectivity index (χ0) is 25.0. The van der Waals surface area contributed by atoms with Gasteiger partial charge in [-0.15, -0.1) is 5.10 Å². The van der Waals surface area contributed by atoms with Gasteiger partial charge in [0.25, 0.3) is 0 Å². The van der Waals surface area contributed by atoms with Crippen molar-refractivity contribution in [1.29, 1.82) is 0 Å². The normalized spacial score (nSPS) is 16.3. The summed E-state index contributed by atoms with van der Waals surface area (Å²) in [6.07, 6.45) is 5.55. The Bertz CT molecular complexity index is 1700. The Morgan fingerprint density at radius 1 is 1.05 bits per heavy atom. The third kappa shape index (κ3) is 3.44. The lowest BCUT2D eigenvalue weighted by molar-refractivity contribution is -0.126. The summed E-state index contributed by atoms with van der Waals surface area (Å²) in [5.74, 6) is -0.000373. The summed E-state index contributed by atoms with van der Waals surface area (Å²) >= 11 is 0. The molecular weight excluding hydrogens is 468 g/mol. The van der Waals surface area contributed by atoms with Crippen LogP contribution in [-0.4, -0.2) is 60.3 Å². The fourth-order valence-corrected chi connectivity index (χ4v) is 5.49. The number of nitrogens with zero attached hydrogens (tertiary/aromatic N) is 7. The molecule has 0 radical (unpaired) electrons. The molecule has 2 aliphatic heterocycles. The molecule has 2 aliphatic rings. The van der Waals surface area contributed by atoms with Gasteiger partial charge in [-0.1, -0.05) is 29.5 Å². The topological polar surface area (TPSA) is 119 Å². The zero-order valence-electron chi connectivity index (χ0n) is 19.8. The van der Waals surface area contributed by atoms with Crippen LogP contribution in [0.25, 0.3) is 33.5 Å². The van der Waals surface area contributed by atoms with Crippen LogP contribution in [0.1, 0.15) is 24.0 Å². The summed E-state index contributed by atoms with van der Waals surface area (Å²) in [5.41, 5.74) is 5.78. The fourth-order valence-electron chi connectivity index (χ4n) is 5.49. The van der Waals surface area contributed by atoms with Crippen LogP contribution in [0.3, 0.4) is 0 Å².